The van der Waals surface area contributed by atoms with Crippen LogP contribution in [0, 0.1) is 0 Å². The lowest BCUT2D eigenvalue weighted by Crippen LogP contribution is -2.41. The Bertz CT molecular complexity index is 651. The van der Waals surface area contributed by atoms with Crippen LogP contribution in [0.5, 0.6) is 0 Å². The molecule has 3 N–H and O–H groups in total. The van der Waals surface area contributed by atoms with Crippen LogP contribution in [0.1, 0.15) is 41.6 Å². The molecule has 3 amide bonds. The summed E-state index contributed by atoms with van der Waals surface area (Å²) in [6.07, 6.45) is 2.43. The minimum atomic E-state index is -0.299. The number of benzene rings is 1. The summed E-state index contributed by atoms with van der Waals surface area (Å²) in [7, 11) is 0. The third kappa shape index (κ3) is 5.15. The van der Waals surface area contributed by atoms with Gasteiger partial charge in [-0.2, -0.15) is 0 Å². The van der Waals surface area contributed by atoms with Crippen molar-refractivity contribution < 1.29 is 14.0 Å². The predicted molar refractivity (Wildman–Crippen MR) is 91.8 cm³/mol. The first-order valence-electron chi connectivity index (χ1n) is 8.05. The van der Waals surface area contributed by atoms with Gasteiger partial charge in [-0.1, -0.05) is 31.2 Å². The molecule has 6 nitrogen and oxygen atoms in total. The number of nitrogens with one attached hydrogen (secondary N) is 3. The molecule has 1 heterocycles. The third-order valence-corrected chi connectivity index (χ3v) is 3.68. The maximum atomic E-state index is 11.9. The highest BCUT2D eigenvalue weighted by atomic mass is 16.3. The minimum Gasteiger partial charge on any atom is -0.459 e. The van der Waals surface area contributed by atoms with Crippen molar-refractivity contribution in [3.05, 3.63) is 59.5 Å². The molecule has 0 aliphatic rings. The van der Waals surface area contributed by atoms with Gasteiger partial charge in [-0.05, 0) is 36.6 Å². The van der Waals surface area contributed by atoms with Crippen molar-refractivity contribution >= 4 is 11.9 Å². The van der Waals surface area contributed by atoms with Crippen molar-refractivity contribution in [3.63, 3.8) is 0 Å². The second-order valence-corrected chi connectivity index (χ2v) is 5.45. The van der Waals surface area contributed by atoms with Gasteiger partial charge in [0, 0.05) is 13.1 Å². The first-order valence-corrected chi connectivity index (χ1v) is 8.05. The molecule has 1 aromatic carbocycles. The molecule has 0 aliphatic carbocycles. The zero-order valence-corrected chi connectivity index (χ0v) is 14.0. The monoisotopic (exact) mass is 329 g/mol. The Kier molecular flexibility index (Phi) is 6.42. The van der Waals surface area contributed by atoms with Crippen molar-refractivity contribution in [1.29, 1.82) is 0 Å². The Labute approximate surface area is 141 Å². The molecule has 1 unspecified atom stereocenters. The lowest BCUT2D eigenvalue weighted by molar-refractivity contribution is 0.0926. The number of hydrogen-bond acceptors (Lipinski definition) is 3. The number of rotatable bonds is 7. The average molecular weight is 329 g/mol. The van der Waals surface area contributed by atoms with Crippen LogP contribution in [0.2, 0.25) is 0 Å². The summed E-state index contributed by atoms with van der Waals surface area (Å²) in [6.45, 7) is 4.69. The van der Waals surface area contributed by atoms with Gasteiger partial charge >= 0.3 is 6.03 Å². The molecular weight excluding hydrogens is 306 g/mol. The Morgan fingerprint density at radius 1 is 1.08 bits per heavy atom. The van der Waals surface area contributed by atoms with E-state index in [1.807, 2.05) is 19.1 Å². The van der Waals surface area contributed by atoms with E-state index in [1.54, 1.807) is 12.1 Å². The van der Waals surface area contributed by atoms with Crippen LogP contribution in [0.25, 0.3) is 0 Å². The lowest BCUT2D eigenvalue weighted by Gasteiger charge is -2.15. The van der Waals surface area contributed by atoms with Crippen LogP contribution in [-0.2, 0) is 6.42 Å². The standard InChI is InChI=1S/C18H23N3O3/c1-3-14-6-8-15(9-7-14)13(2)21-18(23)20-11-10-19-17(22)16-5-4-12-24-16/h4-9,12-13H,3,10-11H2,1-2H3,(H,19,22)(H2,20,21,23). The van der Waals surface area contributed by atoms with Gasteiger partial charge in [-0.3, -0.25) is 4.79 Å². The third-order valence-electron chi connectivity index (χ3n) is 3.68. The molecular formula is C18H23N3O3. The smallest absolute Gasteiger partial charge is 0.315 e. The zero-order chi connectivity index (χ0) is 17.4. The zero-order valence-electron chi connectivity index (χ0n) is 14.0. The molecule has 0 saturated heterocycles. The molecule has 24 heavy (non-hydrogen) atoms. The number of carbonyl (C=O) groups is 2. The maximum Gasteiger partial charge on any atom is 0.315 e. The van der Waals surface area contributed by atoms with Gasteiger partial charge in [0.25, 0.3) is 5.91 Å². The van der Waals surface area contributed by atoms with Gasteiger partial charge < -0.3 is 20.4 Å². The average Bonchev–Trinajstić information content (AvgIpc) is 3.13. The molecule has 0 aliphatic heterocycles. The first kappa shape index (κ1) is 17.6. The van der Waals surface area contributed by atoms with E-state index in [9.17, 15) is 9.59 Å². The summed E-state index contributed by atoms with van der Waals surface area (Å²) in [6, 6.07) is 11.0. The molecule has 128 valence electrons. The fraction of sp³-hybridized carbons (Fsp3) is 0.333. The Morgan fingerprint density at radius 3 is 2.42 bits per heavy atom. The number of carbonyl (C=O) groups excluding carboxylic acids is 2. The van der Waals surface area contributed by atoms with Crippen molar-refractivity contribution in [3.8, 4) is 0 Å². The van der Waals surface area contributed by atoms with E-state index in [1.165, 1.54) is 11.8 Å². The molecule has 0 spiro atoms. The molecule has 2 aromatic rings. The van der Waals surface area contributed by atoms with E-state index in [2.05, 4.69) is 35.0 Å². The number of hydrogen-bond donors (Lipinski definition) is 3. The molecule has 1 aromatic heterocycles. The van der Waals surface area contributed by atoms with Crippen LogP contribution in [0.15, 0.2) is 47.1 Å². The minimum absolute atomic E-state index is 0.0892. The van der Waals surface area contributed by atoms with Crippen LogP contribution >= 0.6 is 0 Å². The van der Waals surface area contributed by atoms with Gasteiger partial charge in [0.15, 0.2) is 5.76 Å². The van der Waals surface area contributed by atoms with Crippen LogP contribution < -0.4 is 16.0 Å². The topological polar surface area (TPSA) is 83.4 Å². The van der Waals surface area contributed by atoms with E-state index >= 15 is 0 Å². The van der Waals surface area contributed by atoms with Crippen molar-refractivity contribution in [2.75, 3.05) is 13.1 Å². The summed E-state index contributed by atoms with van der Waals surface area (Å²) in [5.41, 5.74) is 2.32. The lowest BCUT2D eigenvalue weighted by atomic mass is 10.1. The van der Waals surface area contributed by atoms with Crippen LogP contribution in [-0.4, -0.2) is 25.0 Å². The second kappa shape index (κ2) is 8.76. The molecule has 2 rings (SSSR count). The maximum absolute atomic E-state index is 11.9. The SMILES string of the molecule is CCc1ccc(C(C)NC(=O)NCCNC(=O)c2ccco2)cc1. The second-order valence-electron chi connectivity index (χ2n) is 5.45. The summed E-state index contributed by atoms with van der Waals surface area (Å²) in [5.74, 6) is -0.0461. The quantitative estimate of drug-likeness (QED) is 0.683. The Balaban J connectivity index is 1.67. The normalized spacial score (nSPS) is 11.6. The Morgan fingerprint density at radius 2 is 1.79 bits per heavy atom. The van der Waals surface area contributed by atoms with E-state index in [-0.39, 0.29) is 23.7 Å². The van der Waals surface area contributed by atoms with Gasteiger partial charge in [0.05, 0.1) is 12.3 Å². The van der Waals surface area contributed by atoms with Crippen LogP contribution in [0.3, 0.4) is 0 Å². The van der Waals surface area contributed by atoms with Crippen molar-refractivity contribution in [2.45, 2.75) is 26.3 Å². The molecule has 0 bridgehead atoms. The van der Waals surface area contributed by atoms with E-state index in [0.717, 1.165) is 12.0 Å². The van der Waals surface area contributed by atoms with Gasteiger partial charge in [-0.25, -0.2) is 4.79 Å². The van der Waals surface area contributed by atoms with E-state index < -0.39 is 0 Å². The highest BCUT2D eigenvalue weighted by Gasteiger charge is 2.10. The highest BCUT2D eigenvalue weighted by molar-refractivity contribution is 5.91. The summed E-state index contributed by atoms with van der Waals surface area (Å²) >= 11 is 0. The van der Waals surface area contributed by atoms with E-state index in [0.29, 0.717) is 13.1 Å². The van der Waals surface area contributed by atoms with Gasteiger partial charge in [0.1, 0.15) is 0 Å². The fourth-order valence-electron chi connectivity index (χ4n) is 2.22. The first-order chi connectivity index (χ1) is 11.6. The summed E-state index contributed by atoms with van der Waals surface area (Å²) in [5, 5.41) is 8.24. The molecule has 0 saturated carbocycles. The molecule has 6 heteroatoms. The van der Waals surface area contributed by atoms with Gasteiger partial charge in [-0.15, -0.1) is 0 Å². The van der Waals surface area contributed by atoms with Crippen molar-refractivity contribution in [1.82, 2.24) is 16.0 Å². The van der Waals surface area contributed by atoms with E-state index in [4.69, 9.17) is 4.42 Å². The summed E-state index contributed by atoms with van der Waals surface area (Å²) in [4.78, 5) is 23.5. The highest BCUT2D eigenvalue weighted by Crippen LogP contribution is 2.13. The number of amides is 3. The molecule has 0 radical (unpaired) electrons. The number of aryl methyl sites for hydroxylation is 1. The molecule has 1 atom stereocenters. The number of furan rings is 1. The predicted octanol–water partition coefficient (Wildman–Crippen LogP) is 2.63. The fourth-order valence-corrected chi connectivity index (χ4v) is 2.22. The largest absolute Gasteiger partial charge is 0.459 e. The summed E-state index contributed by atoms with van der Waals surface area (Å²) < 4.78 is 4.98. The van der Waals surface area contributed by atoms with Crippen LogP contribution in [0.4, 0.5) is 4.79 Å². The van der Waals surface area contributed by atoms with Crippen molar-refractivity contribution in [2.24, 2.45) is 0 Å². The number of urea groups is 1. The molecule has 0 fully saturated rings. The Hall–Kier alpha value is -2.76. The van der Waals surface area contributed by atoms with Gasteiger partial charge in [0.2, 0.25) is 0 Å².